The topological polar surface area (TPSA) is 69.7 Å². The maximum Gasteiger partial charge on any atom is 0.243 e. The Kier molecular flexibility index (Phi) is 6.55. The zero-order chi connectivity index (χ0) is 19.4. The molecule has 2 aliphatic heterocycles. The molecule has 2 aliphatic rings. The van der Waals surface area contributed by atoms with Crippen LogP contribution in [0.2, 0.25) is 0 Å². The van der Waals surface area contributed by atoms with E-state index in [1.165, 1.54) is 6.42 Å². The molecule has 1 atom stereocenters. The van der Waals surface area contributed by atoms with Gasteiger partial charge in [-0.2, -0.15) is 4.31 Å². The van der Waals surface area contributed by atoms with Crippen LogP contribution in [0.4, 0.5) is 5.69 Å². The number of sulfonamides is 1. The fourth-order valence-corrected chi connectivity index (χ4v) is 5.46. The molecule has 27 heavy (non-hydrogen) atoms. The van der Waals surface area contributed by atoms with Crippen LogP contribution in [-0.4, -0.2) is 55.8 Å². The first-order valence-corrected chi connectivity index (χ1v) is 11.5. The van der Waals surface area contributed by atoms with E-state index in [1.54, 1.807) is 22.5 Å². The summed E-state index contributed by atoms with van der Waals surface area (Å²) in [4.78, 5) is 15.0. The molecule has 0 aliphatic carbocycles. The van der Waals surface area contributed by atoms with E-state index in [0.29, 0.717) is 31.4 Å². The molecule has 1 amide bonds. The first-order chi connectivity index (χ1) is 12.9. The summed E-state index contributed by atoms with van der Waals surface area (Å²) in [6.07, 6.45) is 6.35. The van der Waals surface area contributed by atoms with Crippen molar-refractivity contribution in [3.05, 3.63) is 23.8 Å². The number of hydrogen-bond donors (Lipinski definition) is 1. The molecule has 2 fully saturated rings. The Morgan fingerprint density at radius 1 is 1.11 bits per heavy atom. The van der Waals surface area contributed by atoms with Crippen LogP contribution < -0.4 is 5.32 Å². The van der Waals surface area contributed by atoms with Crippen molar-refractivity contribution in [3.8, 4) is 0 Å². The standard InChI is InChI=1S/C20H31N3O3S/c1-16-9-10-18(27(25,26)23-12-5-3-6-13-23)14-19(16)21-20(24)15-22-11-7-4-8-17(22)2/h9-10,14,17H,3-8,11-13,15H2,1-2H3,(H,21,24)/t17-/m1/s1. The molecular formula is C20H31N3O3S. The minimum Gasteiger partial charge on any atom is -0.325 e. The largest absolute Gasteiger partial charge is 0.325 e. The third-order valence-corrected chi connectivity index (χ3v) is 7.62. The first kappa shape index (κ1) is 20.3. The molecule has 2 heterocycles. The second-order valence-corrected chi connectivity index (χ2v) is 9.74. The van der Waals surface area contributed by atoms with Crippen LogP contribution in [0, 0.1) is 6.92 Å². The lowest BCUT2D eigenvalue weighted by Gasteiger charge is -2.32. The fraction of sp³-hybridized carbons (Fsp3) is 0.650. The monoisotopic (exact) mass is 393 g/mol. The molecule has 0 aromatic heterocycles. The van der Waals surface area contributed by atoms with Crippen molar-refractivity contribution in [2.45, 2.75) is 63.3 Å². The number of hydrogen-bond acceptors (Lipinski definition) is 4. The number of carbonyl (C=O) groups is 1. The maximum absolute atomic E-state index is 12.9. The Morgan fingerprint density at radius 3 is 2.52 bits per heavy atom. The van der Waals surface area contributed by atoms with Gasteiger partial charge in [-0.25, -0.2) is 8.42 Å². The van der Waals surface area contributed by atoms with Crippen molar-refractivity contribution >= 4 is 21.6 Å². The van der Waals surface area contributed by atoms with Crippen LogP contribution >= 0.6 is 0 Å². The maximum atomic E-state index is 12.9. The highest BCUT2D eigenvalue weighted by atomic mass is 32.2. The van der Waals surface area contributed by atoms with Gasteiger partial charge in [0, 0.05) is 24.8 Å². The van der Waals surface area contributed by atoms with Gasteiger partial charge in [-0.15, -0.1) is 0 Å². The average Bonchev–Trinajstić information content (AvgIpc) is 2.66. The van der Waals surface area contributed by atoms with Gasteiger partial charge >= 0.3 is 0 Å². The van der Waals surface area contributed by atoms with Crippen LogP contribution in [0.25, 0.3) is 0 Å². The summed E-state index contributed by atoms with van der Waals surface area (Å²) in [5, 5.41) is 2.93. The molecule has 0 radical (unpaired) electrons. The summed E-state index contributed by atoms with van der Waals surface area (Å²) < 4.78 is 27.4. The van der Waals surface area contributed by atoms with Crippen molar-refractivity contribution in [2.75, 3.05) is 31.5 Å². The minimum absolute atomic E-state index is 0.0839. The van der Waals surface area contributed by atoms with Gasteiger partial charge in [-0.05, 0) is 63.8 Å². The van der Waals surface area contributed by atoms with E-state index in [1.807, 2.05) is 6.92 Å². The van der Waals surface area contributed by atoms with E-state index in [2.05, 4.69) is 17.1 Å². The van der Waals surface area contributed by atoms with E-state index >= 15 is 0 Å². The van der Waals surface area contributed by atoms with Gasteiger partial charge in [0.2, 0.25) is 15.9 Å². The predicted molar refractivity (Wildman–Crippen MR) is 107 cm³/mol. The SMILES string of the molecule is Cc1ccc(S(=O)(=O)N2CCCCC2)cc1NC(=O)CN1CCCC[C@H]1C. The number of amides is 1. The Morgan fingerprint density at radius 2 is 1.81 bits per heavy atom. The van der Waals surface area contributed by atoms with E-state index in [9.17, 15) is 13.2 Å². The lowest BCUT2D eigenvalue weighted by atomic mass is 10.0. The third kappa shape index (κ3) is 4.89. The zero-order valence-corrected chi connectivity index (χ0v) is 17.2. The summed E-state index contributed by atoms with van der Waals surface area (Å²) in [6.45, 7) is 6.48. The minimum atomic E-state index is -3.50. The number of benzene rings is 1. The quantitative estimate of drug-likeness (QED) is 0.835. The number of likely N-dealkylation sites (tertiary alicyclic amines) is 1. The number of piperidine rings is 2. The van der Waals surface area contributed by atoms with Gasteiger partial charge in [0.25, 0.3) is 0 Å². The van der Waals surface area contributed by atoms with Crippen LogP contribution in [0.1, 0.15) is 51.0 Å². The molecule has 150 valence electrons. The van der Waals surface area contributed by atoms with Crippen LogP contribution in [0.5, 0.6) is 0 Å². The molecular weight excluding hydrogens is 362 g/mol. The van der Waals surface area contributed by atoms with Crippen molar-refractivity contribution in [1.82, 2.24) is 9.21 Å². The molecule has 1 aromatic rings. The van der Waals surface area contributed by atoms with E-state index in [0.717, 1.165) is 44.2 Å². The normalized spacial score (nSPS) is 22.5. The van der Waals surface area contributed by atoms with Crippen molar-refractivity contribution in [2.24, 2.45) is 0 Å². The number of nitrogens with zero attached hydrogens (tertiary/aromatic N) is 2. The fourth-order valence-electron chi connectivity index (χ4n) is 3.92. The summed E-state index contributed by atoms with van der Waals surface area (Å²) in [5.41, 5.74) is 1.45. The number of carbonyl (C=O) groups excluding carboxylic acids is 1. The van der Waals surface area contributed by atoms with Crippen LogP contribution in [0.3, 0.4) is 0 Å². The Labute approximate surface area is 163 Å². The van der Waals surface area contributed by atoms with Gasteiger partial charge in [-0.1, -0.05) is 18.9 Å². The Hall–Kier alpha value is -1.44. The van der Waals surface area contributed by atoms with Gasteiger partial charge in [0.05, 0.1) is 11.4 Å². The van der Waals surface area contributed by atoms with Crippen LogP contribution in [0.15, 0.2) is 23.1 Å². The van der Waals surface area contributed by atoms with E-state index < -0.39 is 10.0 Å². The molecule has 0 spiro atoms. The highest BCUT2D eigenvalue weighted by molar-refractivity contribution is 7.89. The van der Waals surface area contributed by atoms with Gasteiger partial charge in [0.1, 0.15) is 0 Å². The third-order valence-electron chi connectivity index (χ3n) is 5.72. The van der Waals surface area contributed by atoms with Crippen LogP contribution in [-0.2, 0) is 14.8 Å². The van der Waals surface area contributed by atoms with Gasteiger partial charge < -0.3 is 5.32 Å². The highest BCUT2D eigenvalue weighted by Crippen LogP contribution is 2.25. The lowest BCUT2D eigenvalue weighted by molar-refractivity contribution is -0.118. The Bertz CT molecular complexity index is 773. The number of anilines is 1. The van der Waals surface area contributed by atoms with Crippen molar-refractivity contribution in [1.29, 1.82) is 0 Å². The summed E-state index contributed by atoms with van der Waals surface area (Å²) in [6, 6.07) is 5.44. The smallest absolute Gasteiger partial charge is 0.243 e. The molecule has 7 heteroatoms. The summed E-state index contributed by atoms with van der Waals surface area (Å²) >= 11 is 0. The molecule has 1 N–H and O–H groups in total. The molecule has 2 saturated heterocycles. The number of rotatable bonds is 5. The van der Waals surface area contributed by atoms with Gasteiger partial charge in [0.15, 0.2) is 0 Å². The first-order valence-electron chi connectivity index (χ1n) is 10.0. The summed E-state index contributed by atoms with van der Waals surface area (Å²) in [5.74, 6) is -0.0839. The molecule has 6 nitrogen and oxygen atoms in total. The number of aryl methyl sites for hydroxylation is 1. The molecule has 0 bridgehead atoms. The molecule has 0 saturated carbocycles. The Balaban J connectivity index is 1.72. The number of nitrogens with one attached hydrogen (secondary N) is 1. The second-order valence-electron chi connectivity index (χ2n) is 7.80. The van der Waals surface area contributed by atoms with Gasteiger partial charge in [-0.3, -0.25) is 9.69 Å². The van der Waals surface area contributed by atoms with Crippen molar-refractivity contribution < 1.29 is 13.2 Å². The molecule has 1 aromatic carbocycles. The summed E-state index contributed by atoms with van der Waals surface area (Å²) in [7, 11) is -3.50. The molecule has 3 rings (SSSR count). The second kappa shape index (κ2) is 8.71. The zero-order valence-electron chi connectivity index (χ0n) is 16.4. The predicted octanol–water partition coefficient (Wildman–Crippen LogP) is 2.98. The van der Waals surface area contributed by atoms with E-state index in [-0.39, 0.29) is 10.8 Å². The highest BCUT2D eigenvalue weighted by Gasteiger charge is 2.27. The average molecular weight is 394 g/mol. The molecule has 0 unspecified atom stereocenters. The van der Waals surface area contributed by atoms with E-state index in [4.69, 9.17) is 0 Å². The van der Waals surface area contributed by atoms with Crippen molar-refractivity contribution in [3.63, 3.8) is 0 Å². The lowest BCUT2D eigenvalue weighted by Crippen LogP contribution is -2.42.